The predicted molar refractivity (Wildman–Crippen MR) is 55.2 cm³/mol. The van der Waals surface area contributed by atoms with Crippen molar-refractivity contribution in [3.8, 4) is 0 Å². The molecule has 0 aliphatic carbocycles. The van der Waals surface area contributed by atoms with E-state index in [4.69, 9.17) is 5.73 Å². The number of fused-ring (bicyclic) bond motifs is 1. The lowest BCUT2D eigenvalue weighted by Gasteiger charge is -1.96. The van der Waals surface area contributed by atoms with Crippen LogP contribution in [0.15, 0.2) is 23.0 Å². The summed E-state index contributed by atoms with van der Waals surface area (Å²) < 4.78 is 1.01. The van der Waals surface area contributed by atoms with Crippen molar-refractivity contribution in [1.29, 1.82) is 0 Å². The molecule has 3 N–H and O–H groups in total. The van der Waals surface area contributed by atoms with Gasteiger partial charge in [0.25, 0.3) is 0 Å². The van der Waals surface area contributed by atoms with Crippen LogP contribution in [0.25, 0.3) is 10.2 Å². The molecule has 0 saturated heterocycles. The first-order chi connectivity index (χ1) is 6.29. The molecule has 1 heterocycles. The first-order valence-corrected chi connectivity index (χ1v) is 4.93. The summed E-state index contributed by atoms with van der Waals surface area (Å²) in [6.07, 6.45) is 0.863. The van der Waals surface area contributed by atoms with E-state index in [1.54, 1.807) is 0 Å². The van der Waals surface area contributed by atoms with Gasteiger partial charge in [-0.3, -0.25) is 4.79 Å². The van der Waals surface area contributed by atoms with Crippen LogP contribution in [0.4, 0.5) is 0 Å². The van der Waals surface area contributed by atoms with Crippen molar-refractivity contribution in [2.45, 2.75) is 6.42 Å². The first kappa shape index (κ1) is 8.47. The van der Waals surface area contributed by atoms with Gasteiger partial charge < -0.3 is 10.7 Å². The molecule has 0 aliphatic rings. The van der Waals surface area contributed by atoms with Gasteiger partial charge >= 0.3 is 4.87 Å². The molecule has 0 radical (unpaired) electrons. The molecule has 0 atom stereocenters. The van der Waals surface area contributed by atoms with Gasteiger partial charge in [-0.1, -0.05) is 17.4 Å². The van der Waals surface area contributed by atoms with Gasteiger partial charge in [0.05, 0.1) is 10.2 Å². The second-order valence-corrected chi connectivity index (χ2v) is 3.90. The summed E-state index contributed by atoms with van der Waals surface area (Å²) in [5.74, 6) is 0. The second kappa shape index (κ2) is 3.32. The minimum atomic E-state index is -0.0000940. The molecule has 0 spiro atoms. The lowest BCUT2D eigenvalue weighted by Crippen LogP contribution is -2.02. The number of nitrogens with one attached hydrogen (secondary N) is 1. The Kier molecular flexibility index (Phi) is 2.16. The Balaban J connectivity index is 2.54. The third-order valence-electron chi connectivity index (χ3n) is 1.92. The fraction of sp³-hybridized carbons (Fsp3) is 0.222. The lowest BCUT2D eigenvalue weighted by molar-refractivity contribution is 0.971. The van der Waals surface area contributed by atoms with E-state index in [1.165, 1.54) is 16.9 Å². The summed E-state index contributed by atoms with van der Waals surface area (Å²) >= 11 is 1.24. The highest BCUT2D eigenvalue weighted by atomic mass is 32.1. The van der Waals surface area contributed by atoms with E-state index in [9.17, 15) is 4.79 Å². The quantitative estimate of drug-likeness (QED) is 0.751. The highest BCUT2D eigenvalue weighted by Gasteiger charge is 1.99. The molecule has 13 heavy (non-hydrogen) atoms. The van der Waals surface area contributed by atoms with Gasteiger partial charge in [-0.05, 0) is 30.7 Å². The van der Waals surface area contributed by atoms with E-state index < -0.39 is 0 Å². The van der Waals surface area contributed by atoms with Crippen molar-refractivity contribution >= 4 is 21.6 Å². The third kappa shape index (κ3) is 1.64. The maximum absolute atomic E-state index is 11.0. The third-order valence-corrected chi connectivity index (χ3v) is 2.76. The van der Waals surface area contributed by atoms with Gasteiger partial charge in [-0.25, -0.2) is 0 Å². The average molecular weight is 194 g/mol. The molecule has 0 aliphatic heterocycles. The molecule has 1 aromatic carbocycles. The Labute approximate surface area is 79.2 Å². The molecular weight excluding hydrogens is 184 g/mol. The fourth-order valence-electron chi connectivity index (χ4n) is 1.31. The summed E-state index contributed by atoms with van der Waals surface area (Å²) in [5, 5.41) is 0. The average Bonchev–Trinajstić information content (AvgIpc) is 2.44. The summed E-state index contributed by atoms with van der Waals surface area (Å²) in [6.45, 7) is 0.644. The number of hydrogen-bond acceptors (Lipinski definition) is 3. The molecule has 0 amide bonds. The van der Waals surface area contributed by atoms with Crippen LogP contribution in [-0.2, 0) is 6.42 Å². The summed E-state index contributed by atoms with van der Waals surface area (Å²) in [4.78, 5) is 13.8. The predicted octanol–water partition coefficient (Wildman–Crippen LogP) is 1.09. The number of aromatic nitrogens is 1. The van der Waals surface area contributed by atoms with Crippen molar-refractivity contribution in [1.82, 2.24) is 4.98 Å². The van der Waals surface area contributed by atoms with E-state index in [0.29, 0.717) is 6.54 Å². The van der Waals surface area contributed by atoms with E-state index in [0.717, 1.165) is 16.6 Å². The van der Waals surface area contributed by atoms with Crippen LogP contribution in [0.3, 0.4) is 0 Å². The Hall–Kier alpha value is -1.13. The minimum absolute atomic E-state index is 0.0000940. The van der Waals surface area contributed by atoms with Crippen molar-refractivity contribution in [2.24, 2.45) is 5.73 Å². The SMILES string of the molecule is NCCc1ccc2[nH]c(=O)sc2c1. The first-order valence-electron chi connectivity index (χ1n) is 4.11. The largest absolute Gasteiger partial charge is 0.330 e. The topological polar surface area (TPSA) is 58.9 Å². The molecule has 0 unspecified atom stereocenters. The van der Waals surface area contributed by atoms with E-state index in [-0.39, 0.29) is 4.87 Å². The maximum atomic E-state index is 11.0. The number of aromatic amines is 1. The molecule has 2 rings (SSSR count). The zero-order valence-corrected chi connectivity index (χ0v) is 7.86. The van der Waals surface area contributed by atoms with Crippen molar-refractivity contribution < 1.29 is 0 Å². The smallest absolute Gasteiger partial charge is 0.305 e. The zero-order chi connectivity index (χ0) is 9.26. The minimum Gasteiger partial charge on any atom is -0.330 e. The van der Waals surface area contributed by atoms with Crippen LogP contribution < -0.4 is 10.6 Å². The molecule has 2 aromatic rings. The van der Waals surface area contributed by atoms with Crippen LogP contribution in [0.1, 0.15) is 5.56 Å². The fourth-order valence-corrected chi connectivity index (χ4v) is 2.11. The Morgan fingerprint density at radius 2 is 2.31 bits per heavy atom. The van der Waals surface area contributed by atoms with Crippen LogP contribution in [0, 0.1) is 0 Å². The summed E-state index contributed by atoms with van der Waals surface area (Å²) in [7, 11) is 0. The molecule has 0 bridgehead atoms. The van der Waals surface area contributed by atoms with Crippen LogP contribution in [0.2, 0.25) is 0 Å². The number of hydrogen-bond donors (Lipinski definition) is 2. The molecular formula is C9H10N2OS. The maximum Gasteiger partial charge on any atom is 0.305 e. The molecule has 0 fully saturated rings. The van der Waals surface area contributed by atoms with Crippen molar-refractivity contribution in [3.63, 3.8) is 0 Å². The van der Waals surface area contributed by atoms with Gasteiger partial charge in [0.1, 0.15) is 0 Å². The molecule has 1 aromatic heterocycles. The van der Waals surface area contributed by atoms with Gasteiger partial charge in [0, 0.05) is 0 Å². The van der Waals surface area contributed by atoms with E-state index in [1.807, 2.05) is 18.2 Å². The number of thiazole rings is 1. The molecule has 3 nitrogen and oxygen atoms in total. The number of H-pyrrole nitrogens is 1. The molecule has 0 saturated carbocycles. The number of nitrogens with two attached hydrogens (primary N) is 1. The molecule has 68 valence electrons. The zero-order valence-electron chi connectivity index (χ0n) is 7.04. The van der Waals surface area contributed by atoms with Crippen molar-refractivity contribution in [2.75, 3.05) is 6.54 Å². The molecule has 4 heteroatoms. The normalized spacial score (nSPS) is 10.8. The van der Waals surface area contributed by atoms with Gasteiger partial charge in [-0.15, -0.1) is 0 Å². The summed E-state index contributed by atoms with van der Waals surface area (Å²) in [5.41, 5.74) is 7.54. The standard InChI is InChI=1S/C9H10N2OS/c10-4-3-6-1-2-7-8(5-6)13-9(12)11-7/h1-2,5H,3-4,10H2,(H,11,12). The van der Waals surface area contributed by atoms with Crippen molar-refractivity contribution in [3.05, 3.63) is 33.4 Å². The van der Waals surface area contributed by atoms with Gasteiger partial charge in [-0.2, -0.15) is 0 Å². The number of benzene rings is 1. The van der Waals surface area contributed by atoms with E-state index in [2.05, 4.69) is 4.98 Å². The highest BCUT2D eigenvalue weighted by molar-refractivity contribution is 7.16. The van der Waals surface area contributed by atoms with Gasteiger partial charge in [0.2, 0.25) is 0 Å². The Morgan fingerprint density at radius 3 is 3.08 bits per heavy atom. The van der Waals surface area contributed by atoms with E-state index >= 15 is 0 Å². The monoisotopic (exact) mass is 194 g/mol. The lowest BCUT2D eigenvalue weighted by atomic mass is 10.1. The Bertz CT molecular complexity index is 472. The van der Waals surface area contributed by atoms with Crippen LogP contribution >= 0.6 is 11.3 Å². The van der Waals surface area contributed by atoms with Gasteiger partial charge in [0.15, 0.2) is 0 Å². The summed E-state index contributed by atoms with van der Waals surface area (Å²) in [6, 6.07) is 5.95. The highest BCUT2D eigenvalue weighted by Crippen LogP contribution is 2.16. The Morgan fingerprint density at radius 1 is 1.46 bits per heavy atom. The second-order valence-electron chi connectivity index (χ2n) is 2.88. The van der Waals surface area contributed by atoms with Crippen LogP contribution in [0.5, 0.6) is 0 Å². The van der Waals surface area contributed by atoms with Crippen LogP contribution in [-0.4, -0.2) is 11.5 Å². The number of rotatable bonds is 2.